The minimum absolute atomic E-state index is 0.187. The number of anilines is 1. The number of halogens is 4. The summed E-state index contributed by atoms with van der Waals surface area (Å²) in [4.78, 5) is 12.1. The van der Waals surface area contributed by atoms with Crippen LogP contribution in [0.2, 0.25) is 5.02 Å². The van der Waals surface area contributed by atoms with Crippen LogP contribution in [0.4, 0.5) is 5.69 Å². The molecule has 0 atom stereocenters. The average Bonchev–Trinajstić information content (AvgIpc) is 2.63. The Morgan fingerprint density at radius 1 is 1.33 bits per heavy atom. The maximum absolute atomic E-state index is 12.1. The first-order valence-corrected chi connectivity index (χ1v) is 8.54. The molecule has 0 bridgehead atoms. The van der Waals surface area contributed by atoms with Gasteiger partial charge in [-0.3, -0.25) is 4.79 Å². The molecule has 0 saturated carbocycles. The predicted octanol–water partition coefficient (Wildman–Crippen LogP) is 5.78. The average molecular weight is 521 g/mol. The summed E-state index contributed by atoms with van der Waals surface area (Å²) in [6, 6.07) is 7.25. The van der Waals surface area contributed by atoms with E-state index in [4.69, 9.17) is 11.6 Å². The van der Waals surface area contributed by atoms with E-state index in [0.717, 1.165) is 11.1 Å². The molecule has 94 valence electrons. The molecule has 1 aromatic carbocycles. The van der Waals surface area contributed by atoms with Gasteiger partial charge in [-0.2, -0.15) is 0 Å². The van der Waals surface area contributed by atoms with Gasteiger partial charge in [-0.25, -0.2) is 0 Å². The summed E-state index contributed by atoms with van der Waals surface area (Å²) in [6.07, 6.45) is 0. The van der Waals surface area contributed by atoms with Crippen LogP contribution in [0.3, 0.4) is 0 Å². The van der Waals surface area contributed by atoms with Gasteiger partial charge in [-0.1, -0.05) is 11.6 Å². The zero-order chi connectivity index (χ0) is 13.3. The van der Waals surface area contributed by atoms with Crippen molar-refractivity contribution in [3.8, 4) is 0 Å². The van der Waals surface area contributed by atoms with Crippen molar-refractivity contribution in [2.24, 2.45) is 0 Å². The van der Waals surface area contributed by atoms with Crippen LogP contribution in [-0.2, 0) is 0 Å². The molecular formula is C11H5Br2ClINOS. The lowest BCUT2D eigenvalue weighted by Gasteiger charge is -2.07. The van der Waals surface area contributed by atoms with E-state index in [0.29, 0.717) is 16.3 Å². The summed E-state index contributed by atoms with van der Waals surface area (Å²) in [5.74, 6) is -0.187. The number of benzene rings is 1. The van der Waals surface area contributed by atoms with E-state index in [9.17, 15) is 4.79 Å². The van der Waals surface area contributed by atoms with Crippen LogP contribution < -0.4 is 5.32 Å². The number of hydrogen-bond donors (Lipinski definition) is 1. The lowest BCUT2D eigenvalue weighted by Crippen LogP contribution is -2.11. The van der Waals surface area contributed by atoms with Crippen molar-refractivity contribution in [2.75, 3.05) is 5.32 Å². The highest BCUT2D eigenvalue weighted by Gasteiger charge is 2.15. The third-order valence-electron chi connectivity index (χ3n) is 2.08. The molecule has 18 heavy (non-hydrogen) atoms. The van der Waals surface area contributed by atoms with E-state index in [1.807, 2.05) is 12.1 Å². The zero-order valence-electron chi connectivity index (χ0n) is 8.64. The van der Waals surface area contributed by atoms with E-state index in [-0.39, 0.29) is 5.91 Å². The van der Waals surface area contributed by atoms with Crippen LogP contribution in [0.5, 0.6) is 0 Å². The van der Waals surface area contributed by atoms with Gasteiger partial charge in [0.05, 0.1) is 23.8 Å². The van der Waals surface area contributed by atoms with E-state index < -0.39 is 0 Å². The van der Waals surface area contributed by atoms with Crippen LogP contribution in [0, 0.1) is 3.57 Å². The quantitative estimate of drug-likeness (QED) is 0.499. The highest BCUT2D eigenvalue weighted by Crippen LogP contribution is 2.33. The first kappa shape index (κ1) is 14.8. The summed E-state index contributed by atoms with van der Waals surface area (Å²) < 4.78 is 2.69. The third-order valence-corrected chi connectivity index (χ3v) is 5.42. The van der Waals surface area contributed by atoms with Gasteiger partial charge < -0.3 is 5.32 Å². The molecule has 0 aliphatic carbocycles. The number of amides is 1. The highest BCUT2D eigenvalue weighted by atomic mass is 127. The van der Waals surface area contributed by atoms with Gasteiger partial charge in [-0.15, -0.1) is 11.3 Å². The number of rotatable bonds is 2. The molecule has 0 fully saturated rings. The number of thiophene rings is 1. The van der Waals surface area contributed by atoms with Crippen molar-refractivity contribution < 1.29 is 4.79 Å². The first-order chi connectivity index (χ1) is 8.47. The summed E-state index contributed by atoms with van der Waals surface area (Å²) in [6.45, 7) is 0. The first-order valence-electron chi connectivity index (χ1n) is 4.68. The fourth-order valence-electron chi connectivity index (χ4n) is 1.28. The Morgan fingerprint density at radius 2 is 2.06 bits per heavy atom. The summed E-state index contributed by atoms with van der Waals surface area (Å²) in [5.41, 5.74) is 1.20. The van der Waals surface area contributed by atoms with E-state index >= 15 is 0 Å². The Hall–Kier alpha value is 0.370. The zero-order valence-corrected chi connectivity index (χ0v) is 15.5. The largest absolute Gasteiger partial charge is 0.321 e. The van der Waals surface area contributed by atoms with Crippen LogP contribution in [0.1, 0.15) is 10.4 Å². The molecule has 1 aromatic heterocycles. The van der Waals surface area contributed by atoms with Crippen LogP contribution in [0.15, 0.2) is 31.8 Å². The van der Waals surface area contributed by atoms with Gasteiger partial charge in [0, 0.05) is 3.57 Å². The van der Waals surface area contributed by atoms with E-state index in [2.05, 4.69) is 59.8 Å². The fraction of sp³-hybridized carbons (Fsp3) is 0. The molecule has 0 spiro atoms. The van der Waals surface area contributed by atoms with Gasteiger partial charge >= 0.3 is 0 Å². The van der Waals surface area contributed by atoms with Crippen LogP contribution in [-0.4, -0.2) is 5.91 Å². The lowest BCUT2D eigenvalue weighted by atomic mass is 10.3. The summed E-state index contributed by atoms with van der Waals surface area (Å²) >= 11 is 16.4. The molecule has 0 aliphatic heterocycles. The minimum atomic E-state index is -0.187. The highest BCUT2D eigenvalue weighted by molar-refractivity contribution is 14.1. The SMILES string of the molecule is O=C(Nc1cc(I)ccc1Cl)c1cc(Br)sc1Br. The van der Waals surface area contributed by atoms with Crippen molar-refractivity contribution in [3.63, 3.8) is 0 Å². The standard InChI is InChI=1S/C11H5Br2ClINOS/c12-9-4-6(10(13)18-9)11(17)16-8-3-5(15)1-2-7(8)14/h1-4H,(H,16,17). The van der Waals surface area contributed by atoms with Crippen molar-refractivity contribution in [1.82, 2.24) is 0 Å². The second-order valence-electron chi connectivity index (χ2n) is 3.32. The second-order valence-corrected chi connectivity index (χ2v) is 8.72. The fourth-order valence-corrected chi connectivity index (χ4v) is 4.73. The molecule has 0 radical (unpaired) electrons. The molecule has 1 heterocycles. The Kier molecular flexibility index (Phi) is 5.10. The number of nitrogens with one attached hydrogen (secondary N) is 1. The number of carbonyl (C=O) groups excluding carboxylic acids is 1. The van der Waals surface area contributed by atoms with E-state index in [1.165, 1.54) is 11.3 Å². The van der Waals surface area contributed by atoms with Gasteiger partial charge in [0.15, 0.2) is 0 Å². The lowest BCUT2D eigenvalue weighted by molar-refractivity contribution is 0.102. The number of carbonyl (C=O) groups is 1. The van der Waals surface area contributed by atoms with Gasteiger partial charge in [0.2, 0.25) is 0 Å². The Balaban J connectivity index is 2.26. The molecule has 2 rings (SSSR count). The Bertz CT molecular complexity index is 617. The minimum Gasteiger partial charge on any atom is -0.321 e. The molecule has 2 aromatic rings. The molecule has 2 nitrogen and oxygen atoms in total. The van der Waals surface area contributed by atoms with Gasteiger partial charge in [-0.05, 0) is 78.7 Å². The second kappa shape index (κ2) is 6.21. The van der Waals surface area contributed by atoms with Crippen molar-refractivity contribution in [1.29, 1.82) is 0 Å². The van der Waals surface area contributed by atoms with Crippen molar-refractivity contribution >= 4 is 89.0 Å². The van der Waals surface area contributed by atoms with Crippen LogP contribution >= 0.6 is 77.4 Å². The topological polar surface area (TPSA) is 29.1 Å². The molecular weight excluding hydrogens is 516 g/mol. The maximum atomic E-state index is 12.1. The third kappa shape index (κ3) is 3.47. The maximum Gasteiger partial charge on any atom is 0.257 e. The number of hydrogen-bond acceptors (Lipinski definition) is 2. The van der Waals surface area contributed by atoms with Crippen molar-refractivity contribution in [2.45, 2.75) is 0 Å². The molecule has 0 aliphatic rings. The predicted molar refractivity (Wildman–Crippen MR) is 91.8 cm³/mol. The van der Waals surface area contributed by atoms with Crippen LogP contribution in [0.25, 0.3) is 0 Å². The van der Waals surface area contributed by atoms with Crippen molar-refractivity contribution in [3.05, 3.63) is 46.0 Å². The smallest absolute Gasteiger partial charge is 0.257 e. The normalized spacial score (nSPS) is 10.4. The molecule has 1 N–H and O–H groups in total. The summed E-state index contributed by atoms with van der Waals surface area (Å²) in [5, 5.41) is 3.32. The molecule has 1 amide bonds. The van der Waals surface area contributed by atoms with E-state index in [1.54, 1.807) is 12.1 Å². The molecule has 0 unspecified atom stereocenters. The Labute approximate surface area is 144 Å². The van der Waals surface area contributed by atoms with Gasteiger partial charge in [0.1, 0.15) is 0 Å². The monoisotopic (exact) mass is 519 g/mol. The molecule has 7 heteroatoms. The summed E-state index contributed by atoms with van der Waals surface area (Å²) in [7, 11) is 0. The Morgan fingerprint density at radius 3 is 2.67 bits per heavy atom. The van der Waals surface area contributed by atoms with Gasteiger partial charge in [0.25, 0.3) is 5.91 Å². The molecule has 0 saturated heterocycles.